The van der Waals surface area contributed by atoms with Gasteiger partial charge in [-0.05, 0) is 33.3 Å². The molecule has 0 spiro atoms. The van der Waals surface area contributed by atoms with E-state index in [1.54, 1.807) is 39.8 Å². The van der Waals surface area contributed by atoms with Gasteiger partial charge in [0.15, 0.2) is 0 Å². The lowest BCUT2D eigenvalue weighted by molar-refractivity contribution is -0.385. The topological polar surface area (TPSA) is 115 Å². The van der Waals surface area contributed by atoms with Crippen molar-refractivity contribution in [3.63, 3.8) is 0 Å². The number of alkyl carbamates (subject to hydrolysis) is 1. The van der Waals surface area contributed by atoms with Crippen molar-refractivity contribution in [3.8, 4) is 11.3 Å². The van der Waals surface area contributed by atoms with Crippen molar-refractivity contribution in [2.75, 3.05) is 0 Å². The van der Waals surface area contributed by atoms with Gasteiger partial charge >= 0.3 is 6.09 Å². The van der Waals surface area contributed by atoms with Gasteiger partial charge < -0.3 is 15.2 Å². The van der Waals surface area contributed by atoms with Crippen LogP contribution in [0.1, 0.15) is 46.1 Å². The minimum Gasteiger partial charge on any atom is -0.444 e. The Hall–Kier alpha value is -2.71. The zero-order chi connectivity index (χ0) is 22.3. The summed E-state index contributed by atoms with van der Waals surface area (Å²) in [5.41, 5.74) is -0.562. The van der Waals surface area contributed by atoms with Crippen molar-refractivity contribution in [2.45, 2.75) is 57.3 Å². The summed E-state index contributed by atoms with van der Waals surface area (Å²) in [6.07, 6.45) is 1.29. The number of pyridine rings is 1. The molecule has 160 valence electrons. The van der Waals surface area contributed by atoms with Crippen LogP contribution in [0.15, 0.2) is 36.5 Å². The summed E-state index contributed by atoms with van der Waals surface area (Å²) in [6, 6.07) is 8.46. The molecule has 0 unspecified atom stereocenters. The number of nitrogens with one attached hydrogen (secondary N) is 1. The van der Waals surface area contributed by atoms with Gasteiger partial charge in [0, 0.05) is 24.5 Å². The number of hydrogen-bond donors (Lipinski definition) is 2. The Bertz CT molecular complexity index is 975. The van der Waals surface area contributed by atoms with Crippen molar-refractivity contribution in [3.05, 3.63) is 57.2 Å². The van der Waals surface area contributed by atoms with Crippen LogP contribution in [0.2, 0.25) is 5.02 Å². The van der Waals surface area contributed by atoms with Crippen LogP contribution in [0, 0.1) is 10.1 Å². The quantitative estimate of drug-likeness (QED) is 0.539. The Morgan fingerprint density at radius 1 is 1.30 bits per heavy atom. The highest BCUT2D eigenvalue weighted by Gasteiger charge is 2.53. The number of carbonyl (C=O) groups is 1. The van der Waals surface area contributed by atoms with Crippen molar-refractivity contribution < 1.29 is 19.6 Å². The molecule has 1 aromatic carbocycles. The van der Waals surface area contributed by atoms with Crippen LogP contribution in [0.25, 0.3) is 11.3 Å². The number of ether oxygens (including phenoxy) is 1. The standard InChI is InChI=1S/C21H24ClN3O5/c1-19(2,3)30-18(26)24-21(11-20(4,27)12-21)14-7-5-13(6-8-14)17-16(22)9-15(10-23-17)25(28)29/h5-10,27H,11-12H2,1-4H3,(H,24,26). The number of aromatic nitrogens is 1. The first-order valence-corrected chi connectivity index (χ1v) is 9.83. The molecule has 9 heteroatoms. The molecule has 3 rings (SSSR count). The molecule has 2 N–H and O–H groups in total. The van der Waals surface area contributed by atoms with Gasteiger partial charge in [-0.25, -0.2) is 9.78 Å². The average molecular weight is 434 g/mol. The molecule has 1 amide bonds. The highest BCUT2D eigenvalue weighted by Crippen LogP contribution is 2.48. The molecule has 0 atom stereocenters. The molecule has 1 aliphatic carbocycles. The molecule has 1 aliphatic rings. The lowest BCUT2D eigenvalue weighted by Gasteiger charge is -2.52. The number of amides is 1. The lowest BCUT2D eigenvalue weighted by Crippen LogP contribution is -2.62. The molecular weight excluding hydrogens is 410 g/mol. The third-order valence-corrected chi connectivity index (χ3v) is 5.14. The SMILES string of the molecule is CC1(O)CC(NC(=O)OC(C)(C)C)(c2ccc(-c3ncc([N+](=O)[O-])cc3Cl)cc2)C1. The van der Waals surface area contributed by atoms with E-state index in [1.165, 1.54) is 6.07 Å². The fourth-order valence-corrected chi connectivity index (χ4v) is 4.07. The largest absolute Gasteiger partial charge is 0.444 e. The molecule has 0 aliphatic heterocycles. The Labute approximate surface area is 179 Å². The maximum Gasteiger partial charge on any atom is 0.408 e. The van der Waals surface area contributed by atoms with Gasteiger partial charge in [-0.3, -0.25) is 10.1 Å². The second-order valence-corrected chi connectivity index (χ2v) is 9.33. The Kier molecular flexibility index (Phi) is 5.51. The highest BCUT2D eigenvalue weighted by atomic mass is 35.5. The Morgan fingerprint density at radius 2 is 1.90 bits per heavy atom. The third-order valence-electron chi connectivity index (χ3n) is 4.85. The summed E-state index contributed by atoms with van der Waals surface area (Å²) < 4.78 is 5.38. The van der Waals surface area contributed by atoms with Gasteiger partial charge in [0.2, 0.25) is 0 Å². The lowest BCUT2D eigenvalue weighted by atomic mass is 9.62. The number of carbonyl (C=O) groups excluding carboxylic acids is 1. The molecule has 1 saturated carbocycles. The van der Waals surface area contributed by atoms with E-state index in [-0.39, 0.29) is 10.7 Å². The van der Waals surface area contributed by atoms with Crippen molar-refractivity contribution in [2.24, 2.45) is 0 Å². The van der Waals surface area contributed by atoms with Crippen molar-refractivity contribution in [1.29, 1.82) is 0 Å². The van der Waals surface area contributed by atoms with Crippen LogP contribution in [0.3, 0.4) is 0 Å². The van der Waals surface area contributed by atoms with Gasteiger partial charge in [-0.15, -0.1) is 0 Å². The molecule has 1 heterocycles. The molecule has 1 fully saturated rings. The van der Waals surface area contributed by atoms with E-state index in [9.17, 15) is 20.0 Å². The molecule has 30 heavy (non-hydrogen) atoms. The summed E-state index contributed by atoms with van der Waals surface area (Å²) in [5.74, 6) is 0. The maximum atomic E-state index is 12.4. The van der Waals surface area contributed by atoms with Crippen LogP contribution in [-0.4, -0.2) is 32.3 Å². The number of nitro groups is 1. The number of halogens is 1. The zero-order valence-electron chi connectivity index (χ0n) is 17.2. The highest BCUT2D eigenvalue weighted by molar-refractivity contribution is 6.33. The monoisotopic (exact) mass is 433 g/mol. The molecular formula is C21H24ClN3O5. The van der Waals surface area contributed by atoms with Gasteiger partial charge in [-0.2, -0.15) is 0 Å². The number of rotatable bonds is 4. The second kappa shape index (κ2) is 7.52. The van der Waals surface area contributed by atoms with Crippen LogP contribution in [0.4, 0.5) is 10.5 Å². The van der Waals surface area contributed by atoms with E-state index in [4.69, 9.17) is 16.3 Å². The first kappa shape index (κ1) is 22.0. The minimum atomic E-state index is -0.892. The number of benzene rings is 1. The fourth-order valence-electron chi connectivity index (χ4n) is 3.80. The first-order chi connectivity index (χ1) is 13.8. The number of nitrogens with zero attached hydrogens (tertiary/aromatic N) is 2. The van der Waals surface area contributed by atoms with Gasteiger partial charge in [0.1, 0.15) is 11.8 Å². The predicted molar refractivity (Wildman–Crippen MR) is 112 cm³/mol. The van der Waals surface area contributed by atoms with Gasteiger partial charge in [0.05, 0.1) is 26.8 Å². The predicted octanol–water partition coefficient (Wildman–Crippen LogP) is 4.58. The van der Waals surface area contributed by atoms with Crippen LogP contribution in [-0.2, 0) is 10.3 Å². The smallest absolute Gasteiger partial charge is 0.408 e. The normalized spacial score (nSPS) is 23.4. The van der Waals surface area contributed by atoms with Crippen LogP contribution < -0.4 is 5.32 Å². The van der Waals surface area contributed by atoms with Crippen molar-refractivity contribution >= 4 is 23.4 Å². The second-order valence-electron chi connectivity index (χ2n) is 8.92. The fraction of sp³-hybridized carbons (Fsp3) is 0.429. The third kappa shape index (κ3) is 4.71. The zero-order valence-corrected chi connectivity index (χ0v) is 18.0. The molecule has 1 aromatic heterocycles. The van der Waals surface area contributed by atoms with Gasteiger partial charge in [0.25, 0.3) is 5.69 Å². The average Bonchev–Trinajstić information content (AvgIpc) is 2.58. The van der Waals surface area contributed by atoms with E-state index in [2.05, 4.69) is 10.3 Å². The first-order valence-electron chi connectivity index (χ1n) is 9.45. The molecule has 8 nitrogen and oxygen atoms in total. The van der Waals surface area contributed by atoms with E-state index < -0.39 is 27.8 Å². The summed E-state index contributed by atoms with van der Waals surface area (Å²) >= 11 is 6.17. The van der Waals surface area contributed by atoms with Crippen LogP contribution >= 0.6 is 11.6 Å². The molecule has 0 saturated heterocycles. The summed E-state index contributed by atoms with van der Waals surface area (Å²) in [5, 5.41) is 24.3. The molecule has 0 radical (unpaired) electrons. The van der Waals surface area contributed by atoms with Crippen LogP contribution in [0.5, 0.6) is 0 Å². The number of hydrogen-bond acceptors (Lipinski definition) is 6. The summed E-state index contributed by atoms with van der Waals surface area (Å²) in [4.78, 5) is 26.8. The summed E-state index contributed by atoms with van der Waals surface area (Å²) in [7, 11) is 0. The molecule has 2 aromatic rings. The minimum absolute atomic E-state index is 0.171. The number of aliphatic hydroxyl groups is 1. The van der Waals surface area contributed by atoms with Crippen molar-refractivity contribution in [1.82, 2.24) is 10.3 Å². The molecule has 0 bridgehead atoms. The van der Waals surface area contributed by atoms with E-state index >= 15 is 0 Å². The van der Waals surface area contributed by atoms with E-state index in [0.29, 0.717) is 24.1 Å². The van der Waals surface area contributed by atoms with Gasteiger partial charge in [-0.1, -0.05) is 35.9 Å². The Balaban J connectivity index is 1.87. The maximum absolute atomic E-state index is 12.4. The Morgan fingerprint density at radius 3 is 2.37 bits per heavy atom. The van der Waals surface area contributed by atoms with E-state index in [1.807, 2.05) is 12.1 Å². The van der Waals surface area contributed by atoms with E-state index in [0.717, 1.165) is 11.8 Å². The summed E-state index contributed by atoms with van der Waals surface area (Å²) in [6.45, 7) is 7.07.